The van der Waals surface area contributed by atoms with E-state index in [0.717, 1.165) is 19.1 Å². The molecule has 1 aliphatic rings. The Bertz CT molecular complexity index is 901. The van der Waals surface area contributed by atoms with Crippen molar-refractivity contribution >= 4 is 23.7 Å². The number of carbonyl (C=O) groups excluding carboxylic acids is 2. The van der Waals surface area contributed by atoms with E-state index in [4.69, 9.17) is 0 Å². The third-order valence-electron chi connectivity index (χ3n) is 4.21. The predicted octanol–water partition coefficient (Wildman–Crippen LogP) is 1.30. The number of nitrogens with zero attached hydrogens (tertiary/aromatic N) is 5. The molecular formula is C19H21N7O2. The summed E-state index contributed by atoms with van der Waals surface area (Å²) < 4.78 is 0. The highest BCUT2D eigenvalue weighted by Gasteiger charge is 2.29. The molecule has 0 aliphatic heterocycles. The van der Waals surface area contributed by atoms with Crippen molar-refractivity contribution in [3.8, 4) is 17.3 Å². The van der Waals surface area contributed by atoms with Crippen LogP contribution in [0.1, 0.15) is 18.5 Å². The molecule has 0 bridgehead atoms. The van der Waals surface area contributed by atoms with E-state index in [1.54, 1.807) is 6.07 Å². The van der Waals surface area contributed by atoms with Crippen LogP contribution in [0.2, 0.25) is 0 Å². The Labute approximate surface area is 162 Å². The third kappa shape index (κ3) is 4.86. The Morgan fingerprint density at radius 1 is 1.32 bits per heavy atom. The Morgan fingerprint density at radius 3 is 2.68 bits per heavy atom. The lowest BCUT2D eigenvalue weighted by Gasteiger charge is -2.19. The highest BCUT2D eigenvalue weighted by molar-refractivity contribution is 5.93. The van der Waals surface area contributed by atoms with Crippen LogP contribution in [0.25, 0.3) is 11.3 Å². The maximum Gasteiger partial charge on any atom is 0.228 e. The number of nitriles is 1. The van der Waals surface area contributed by atoms with Crippen LogP contribution in [0, 0.1) is 17.2 Å². The van der Waals surface area contributed by atoms with E-state index in [1.165, 1.54) is 18.6 Å². The largest absolute Gasteiger partial charge is 0.372 e. The number of hydrogen-bond donors (Lipinski definition) is 2. The van der Waals surface area contributed by atoms with Crippen LogP contribution in [0.3, 0.4) is 0 Å². The van der Waals surface area contributed by atoms with E-state index < -0.39 is 6.04 Å². The van der Waals surface area contributed by atoms with Crippen molar-refractivity contribution in [1.82, 2.24) is 19.9 Å². The molecule has 2 N–H and O–H groups in total. The molecule has 1 unspecified atom stereocenters. The first kappa shape index (κ1) is 19.4. The monoisotopic (exact) mass is 379 g/mol. The first-order valence-electron chi connectivity index (χ1n) is 8.90. The number of likely N-dealkylation sites (N-methyl/N-ethyl adjacent to an activating group) is 1. The van der Waals surface area contributed by atoms with Crippen LogP contribution >= 0.6 is 0 Å². The minimum Gasteiger partial charge on any atom is -0.372 e. The maximum atomic E-state index is 11.8. The molecule has 9 nitrogen and oxygen atoms in total. The van der Waals surface area contributed by atoms with Gasteiger partial charge in [-0.05, 0) is 33.0 Å². The molecule has 1 atom stereocenters. The van der Waals surface area contributed by atoms with Gasteiger partial charge in [0.2, 0.25) is 5.91 Å². The average Bonchev–Trinajstić information content (AvgIpc) is 3.53. The zero-order valence-electron chi connectivity index (χ0n) is 15.7. The van der Waals surface area contributed by atoms with Gasteiger partial charge in [-0.2, -0.15) is 5.26 Å². The van der Waals surface area contributed by atoms with Crippen LogP contribution < -0.4 is 10.6 Å². The Hall–Kier alpha value is -3.38. The SMILES string of the molecule is CN(C)CC(C=O)Nc1cc(-c2cnc(NC(=O)C3CC3)cn2)cnc1C#N. The van der Waals surface area contributed by atoms with E-state index in [2.05, 4.69) is 25.6 Å². The zero-order chi connectivity index (χ0) is 20.1. The van der Waals surface area contributed by atoms with E-state index in [1.807, 2.05) is 25.1 Å². The van der Waals surface area contributed by atoms with Crippen LogP contribution in [-0.4, -0.2) is 58.7 Å². The summed E-state index contributed by atoms with van der Waals surface area (Å²) >= 11 is 0. The summed E-state index contributed by atoms with van der Waals surface area (Å²) in [6.45, 7) is 0.480. The molecule has 0 spiro atoms. The summed E-state index contributed by atoms with van der Waals surface area (Å²) in [7, 11) is 3.72. The molecule has 28 heavy (non-hydrogen) atoms. The highest BCUT2D eigenvalue weighted by atomic mass is 16.2. The van der Waals surface area contributed by atoms with Gasteiger partial charge in [-0.3, -0.25) is 9.78 Å². The first-order valence-corrected chi connectivity index (χ1v) is 8.90. The molecule has 1 fully saturated rings. The number of aldehydes is 1. The fourth-order valence-electron chi connectivity index (χ4n) is 2.64. The standard InChI is InChI=1S/C19H21N7O2/c1-26(2)10-14(11-27)24-15-5-13(7-21-16(15)6-20)17-8-23-18(9-22-17)25-19(28)12-3-4-12/h5,7-9,11-12,14,24H,3-4,10H2,1-2H3,(H,23,25,28). The summed E-state index contributed by atoms with van der Waals surface area (Å²) in [5.74, 6) is 0.452. The summed E-state index contributed by atoms with van der Waals surface area (Å²) in [6.07, 6.45) is 7.18. The number of hydrogen-bond acceptors (Lipinski definition) is 8. The van der Waals surface area contributed by atoms with Crippen molar-refractivity contribution in [2.24, 2.45) is 5.92 Å². The second kappa shape index (κ2) is 8.54. The van der Waals surface area contributed by atoms with Gasteiger partial charge in [-0.1, -0.05) is 0 Å². The molecule has 2 heterocycles. The molecule has 0 saturated heterocycles. The highest BCUT2D eigenvalue weighted by Crippen LogP contribution is 2.30. The van der Waals surface area contributed by atoms with Gasteiger partial charge in [0.05, 0.1) is 29.8 Å². The van der Waals surface area contributed by atoms with Crippen molar-refractivity contribution in [2.75, 3.05) is 31.3 Å². The molecule has 0 aromatic carbocycles. The molecule has 2 aromatic heterocycles. The summed E-state index contributed by atoms with van der Waals surface area (Å²) in [5.41, 5.74) is 1.82. The molecular weight excluding hydrogens is 358 g/mol. The van der Waals surface area contributed by atoms with Crippen molar-refractivity contribution in [2.45, 2.75) is 18.9 Å². The summed E-state index contributed by atoms with van der Waals surface area (Å²) in [6, 6.07) is 3.25. The first-order chi connectivity index (χ1) is 13.5. The van der Waals surface area contributed by atoms with Gasteiger partial charge in [-0.15, -0.1) is 0 Å². The predicted molar refractivity (Wildman–Crippen MR) is 103 cm³/mol. The molecule has 3 rings (SSSR count). The quantitative estimate of drug-likeness (QED) is 0.658. The smallest absolute Gasteiger partial charge is 0.228 e. The second-order valence-corrected chi connectivity index (χ2v) is 6.93. The maximum absolute atomic E-state index is 11.8. The molecule has 2 aromatic rings. The molecule has 1 saturated carbocycles. The number of pyridine rings is 1. The van der Waals surface area contributed by atoms with Gasteiger partial charge in [0.1, 0.15) is 12.4 Å². The zero-order valence-corrected chi connectivity index (χ0v) is 15.7. The number of anilines is 2. The summed E-state index contributed by atoms with van der Waals surface area (Å²) in [5, 5.41) is 15.1. The van der Waals surface area contributed by atoms with Gasteiger partial charge in [0.25, 0.3) is 0 Å². The topological polar surface area (TPSA) is 124 Å². The Kier molecular flexibility index (Phi) is 5.91. The van der Waals surface area contributed by atoms with E-state index in [9.17, 15) is 14.9 Å². The van der Waals surface area contributed by atoms with Crippen LogP contribution in [0.15, 0.2) is 24.7 Å². The van der Waals surface area contributed by atoms with Crippen molar-refractivity contribution < 1.29 is 9.59 Å². The van der Waals surface area contributed by atoms with Crippen molar-refractivity contribution in [3.63, 3.8) is 0 Å². The fraction of sp³-hybridized carbons (Fsp3) is 0.368. The number of nitrogens with one attached hydrogen (secondary N) is 2. The summed E-state index contributed by atoms with van der Waals surface area (Å²) in [4.78, 5) is 37.7. The lowest BCUT2D eigenvalue weighted by molar-refractivity contribution is -0.117. The van der Waals surface area contributed by atoms with E-state index in [0.29, 0.717) is 29.3 Å². The number of carbonyl (C=O) groups is 2. The normalized spacial score (nSPS) is 14.2. The van der Waals surface area contributed by atoms with Gasteiger partial charge in [0, 0.05) is 24.2 Å². The number of aromatic nitrogens is 3. The van der Waals surface area contributed by atoms with Gasteiger partial charge < -0.3 is 20.3 Å². The molecule has 0 radical (unpaired) electrons. The minimum atomic E-state index is -0.481. The van der Waals surface area contributed by atoms with Crippen LogP contribution in [0.5, 0.6) is 0 Å². The molecule has 1 amide bonds. The van der Waals surface area contributed by atoms with Crippen LogP contribution in [-0.2, 0) is 9.59 Å². The third-order valence-corrected chi connectivity index (χ3v) is 4.21. The van der Waals surface area contributed by atoms with Gasteiger partial charge in [0.15, 0.2) is 11.5 Å². The minimum absolute atomic E-state index is 0.0330. The molecule has 9 heteroatoms. The number of amides is 1. The lowest BCUT2D eigenvalue weighted by atomic mass is 10.1. The average molecular weight is 379 g/mol. The van der Waals surface area contributed by atoms with Gasteiger partial charge in [-0.25, -0.2) is 9.97 Å². The van der Waals surface area contributed by atoms with Gasteiger partial charge >= 0.3 is 0 Å². The van der Waals surface area contributed by atoms with E-state index in [-0.39, 0.29) is 17.5 Å². The Morgan fingerprint density at radius 2 is 2.11 bits per heavy atom. The second-order valence-electron chi connectivity index (χ2n) is 6.93. The van der Waals surface area contributed by atoms with Crippen LogP contribution in [0.4, 0.5) is 11.5 Å². The molecule has 144 valence electrons. The van der Waals surface area contributed by atoms with Crippen molar-refractivity contribution in [3.05, 3.63) is 30.4 Å². The molecule has 1 aliphatic carbocycles. The fourth-order valence-corrected chi connectivity index (χ4v) is 2.64. The Balaban J connectivity index is 1.79. The lowest BCUT2D eigenvalue weighted by Crippen LogP contribution is -2.33. The van der Waals surface area contributed by atoms with Crippen molar-refractivity contribution in [1.29, 1.82) is 5.26 Å². The number of rotatable bonds is 8. The van der Waals surface area contributed by atoms with E-state index >= 15 is 0 Å².